The fraction of sp³-hybridized carbons (Fsp3) is 0.375. The highest BCUT2D eigenvalue weighted by molar-refractivity contribution is 5.86. The van der Waals surface area contributed by atoms with Crippen molar-refractivity contribution in [2.45, 2.75) is 19.0 Å². The van der Waals surface area contributed by atoms with Gasteiger partial charge < -0.3 is 20.0 Å². The number of likely N-dealkylation sites (N-methyl/N-ethyl adjacent to an activating group) is 1. The molecule has 4 heterocycles. The van der Waals surface area contributed by atoms with Gasteiger partial charge in [0.2, 0.25) is 0 Å². The fourth-order valence-corrected chi connectivity index (χ4v) is 4.74. The van der Waals surface area contributed by atoms with Gasteiger partial charge in [-0.25, -0.2) is 4.98 Å². The van der Waals surface area contributed by atoms with Gasteiger partial charge in [0.05, 0.1) is 17.2 Å². The number of nitrogens with two attached hydrogens (primary N) is 1. The molecule has 8 nitrogen and oxygen atoms in total. The molecular formula is C24H27N7O. The minimum Gasteiger partial charge on any atom is -0.424 e. The van der Waals surface area contributed by atoms with Crippen molar-refractivity contribution in [1.82, 2.24) is 24.8 Å². The van der Waals surface area contributed by atoms with Gasteiger partial charge in [-0.3, -0.25) is 9.88 Å². The van der Waals surface area contributed by atoms with Crippen molar-refractivity contribution in [1.29, 1.82) is 0 Å². The molecule has 2 saturated heterocycles. The number of benzene rings is 2. The number of hydrogen-bond donors (Lipinski definition) is 1. The molecule has 0 amide bonds. The van der Waals surface area contributed by atoms with Crippen LogP contribution in [0.4, 0.5) is 11.8 Å². The van der Waals surface area contributed by atoms with Crippen LogP contribution in [0.3, 0.4) is 0 Å². The molecule has 0 aliphatic carbocycles. The van der Waals surface area contributed by atoms with Gasteiger partial charge >= 0.3 is 0 Å². The Hall–Kier alpha value is -3.23. The Morgan fingerprint density at radius 1 is 0.938 bits per heavy atom. The number of aromatic nitrogens is 3. The summed E-state index contributed by atoms with van der Waals surface area (Å²) in [7, 11) is 2.22. The minimum absolute atomic E-state index is 0.185. The van der Waals surface area contributed by atoms with Crippen molar-refractivity contribution in [3.63, 3.8) is 0 Å². The van der Waals surface area contributed by atoms with Gasteiger partial charge in [-0.15, -0.1) is 0 Å². The van der Waals surface area contributed by atoms with Crippen molar-refractivity contribution in [2.75, 3.05) is 50.4 Å². The number of fused-ring (bicyclic) bond motifs is 2. The van der Waals surface area contributed by atoms with E-state index < -0.39 is 0 Å². The summed E-state index contributed by atoms with van der Waals surface area (Å²) in [5.41, 5.74) is 11.0. The SMILES string of the molecule is C[C@H]1CN(C2CN(c3cnc4ccc(-c5ccc6oc(N)nc6c5)cc4n3)C2)CCN1C. The van der Waals surface area contributed by atoms with Crippen LogP contribution in [0.5, 0.6) is 0 Å². The van der Waals surface area contributed by atoms with Gasteiger partial charge in [0.15, 0.2) is 5.58 Å². The van der Waals surface area contributed by atoms with E-state index in [9.17, 15) is 0 Å². The summed E-state index contributed by atoms with van der Waals surface area (Å²) in [5, 5.41) is 0. The van der Waals surface area contributed by atoms with Gasteiger partial charge in [-0.2, -0.15) is 4.98 Å². The van der Waals surface area contributed by atoms with E-state index in [1.807, 2.05) is 30.5 Å². The molecule has 164 valence electrons. The maximum Gasteiger partial charge on any atom is 0.292 e. The monoisotopic (exact) mass is 429 g/mol. The predicted molar refractivity (Wildman–Crippen MR) is 127 cm³/mol. The van der Waals surface area contributed by atoms with Crippen molar-refractivity contribution >= 4 is 34.0 Å². The van der Waals surface area contributed by atoms with E-state index in [1.165, 1.54) is 0 Å². The first-order valence-corrected chi connectivity index (χ1v) is 11.2. The largest absolute Gasteiger partial charge is 0.424 e. The summed E-state index contributed by atoms with van der Waals surface area (Å²) >= 11 is 0. The van der Waals surface area contributed by atoms with E-state index in [0.29, 0.717) is 17.7 Å². The average molecular weight is 430 g/mol. The Morgan fingerprint density at radius 2 is 1.72 bits per heavy atom. The topological polar surface area (TPSA) is 87.5 Å². The second kappa shape index (κ2) is 7.43. The van der Waals surface area contributed by atoms with Gasteiger partial charge in [0.25, 0.3) is 6.01 Å². The maximum atomic E-state index is 5.68. The zero-order valence-corrected chi connectivity index (χ0v) is 18.4. The van der Waals surface area contributed by atoms with Crippen molar-refractivity contribution in [2.24, 2.45) is 0 Å². The fourth-order valence-electron chi connectivity index (χ4n) is 4.74. The molecular weight excluding hydrogens is 402 g/mol. The molecule has 2 fully saturated rings. The van der Waals surface area contributed by atoms with E-state index in [0.717, 1.165) is 66.2 Å². The summed E-state index contributed by atoms with van der Waals surface area (Å²) in [6, 6.07) is 13.5. The third-order valence-corrected chi connectivity index (χ3v) is 6.96. The molecule has 2 aromatic carbocycles. The van der Waals surface area contributed by atoms with Gasteiger partial charge in [0.1, 0.15) is 11.3 Å². The molecule has 8 heteroatoms. The molecule has 1 atom stereocenters. The number of nitrogen functional groups attached to an aromatic ring is 1. The third-order valence-electron chi connectivity index (χ3n) is 6.96. The van der Waals surface area contributed by atoms with Crippen LogP contribution in [0.15, 0.2) is 47.0 Å². The molecule has 32 heavy (non-hydrogen) atoms. The Balaban J connectivity index is 1.22. The summed E-state index contributed by atoms with van der Waals surface area (Å²) in [5.74, 6) is 0.952. The highest BCUT2D eigenvalue weighted by Gasteiger charge is 2.35. The lowest BCUT2D eigenvalue weighted by Crippen LogP contribution is -2.64. The first kappa shape index (κ1) is 19.5. The van der Waals surface area contributed by atoms with Crippen LogP contribution in [0.25, 0.3) is 33.3 Å². The van der Waals surface area contributed by atoms with Gasteiger partial charge in [0, 0.05) is 44.8 Å². The quantitative estimate of drug-likeness (QED) is 0.532. The number of hydrogen-bond acceptors (Lipinski definition) is 8. The summed E-state index contributed by atoms with van der Waals surface area (Å²) in [6.45, 7) is 7.77. The summed E-state index contributed by atoms with van der Waals surface area (Å²) in [4.78, 5) is 21.2. The lowest BCUT2D eigenvalue weighted by atomic mass is 10.0. The molecule has 0 spiro atoms. The van der Waals surface area contributed by atoms with Crippen molar-refractivity contribution < 1.29 is 4.42 Å². The van der Waals surface area contributed by atoms with Crippen LogP contribution in [0, 0.1) is 0 Å². The average Bonchev–Trinajstić information content (AvgIpc) is 3.14. The van der Waals surface area contributed by atoms with Crippen molar-refractivity contribution in [3.05, 3.63) is 42.6 Å². The first-order valence-electron chi connectivity index (χ1n) is 11.2. The first-order chi connectivity index (χ1) is 15.5. The Bertz CT molecular complexity index is 1300. The molecule has 0 saturated carbocycles. The number of nitrogens with zero attached hydrogens (tertiary/aromatic N) is 6. The van der Waals surface area contributed by atoms with Crippen LogP contribution in [0.1, 0.15) is 6.92 Å². The van der Waals surface area contributed by atoms with Crippen molar-refractivity contribution in [3.8, 4) is 11.1 Å². The molecule has 2 aliphatic heterocycles. The lowest BCUT2D eigenvalue weighted by molar-refractivity contribution is 0.0610. The van der Waals surface area contributed by atoms with Crippen LogP contribution >= 0.6 is 0 Å². The van der Waals surface area contributed by atoms with Crippen LogP contribution < -0.4 is 10.6 Å². The molecule has 2 aromatic heterocycles. The number of anilines is 2. The molecule has 0 unspecified atom stereocenters. The van der Waals surface area contributed by atoms with Gasteiger partial charge in [-0.1, -0.05) is 12.1 Å². The normalized spacial score (nSPS) is 20.8. The highest BCUT2D eigenvalue weighted by atomic mass is 16.4. The van der Waals surface area contributed by atoms with E-state index in [4.69, 9.17) is 15.1 Å². The summed E-state index contributed by atoms with van der Waals surface area (Å²) in [6.07, 6.45) is 1.90. The highest BCUT2D eigenvalue weighted by Crippen LogP contribution is 2.29. The lowest BCUT2D eigenvalue weighted by Gasteiger charge is -2.49. The smallest absolute Gasteiger partial charge is 0.292 e. The van der Waals surface area contributed by atoms with E-state index in [2.05, 4.69) is 50.8 Å². The third kappa shape index (κ3) is 3.36. The van der Waals surface area contributed by atoms with E-state index in [-0.39, 0.29) is 6.01 Å². The molecule has 2 N–H and O–H groups in total. The molecule has 0 radical (unpaired) electrons. The minimum atomic E-state index is 0.185. The molecule has 6 rings (SSSR count). The van der Waals surface area contributed by atoms with Crippen LogP contribution in [-0.4, -0.2) is 76.6 Å². The van der Waals surface area contributed by atoms with Gasteiger partial charge in [-0.05, 0) is 49.4 Å². The molecule has 4 aromatic rings. The van der Waals surface area contributed by atoms with E-state index in [1.54, 1.807) is 0 Å². The number of rotatable bonds is 3. The molecule has 2 aliphatic rings. The number of oxazole rings is 1. The maximum absolute atomic E-state index is 5.68. The molecule has 0 bridgehead atoms. The second-order valence-electron chi connectivity index (χ2n) is 9.05. The van der Waals surface area contributed by atoms with Crippen LogP contribution in [-0.2, 0) is 0 Å². The zero-order chi connectivity index (χ0) is 21.8. The van der Waals surface area contributed by atoms with E-state index >= 15 is 0 Å². The Labute approximate surface area is 186 Å². The van der Waals surface area contributed by atoms with Crippen LogP contribution in [0.2, 0.25) is 0 Å². The summed E-state index contributed by atoms with van der Waals surface area (Å²) < 4.78 is 5.39. The standard InChI is InChI=1S/C24H27N7O/c1-15-12-30(8-7-29(15)2)18-13-31(14-18)23-11-26-19-5-3-16(9-20(19)27-23)17-4-6-22-21(10-17)28-24(25)32-22/h3-6,9-11,15,18H,7-8,12-14H2,1-2H3,(H2,25,28)/t15-/m0/s1. The number of piperazine rings is 1. The Kier molecular flexibility index (Phi) is 4.51. The second-order valence-corrected chi connectivity index (χ2v) is 9.05. The Morgan fingerprint density at radius 3 is 2.53 bits per heavy atom. The predicted octanol–water partition coefficient (Wildman–Crippen LogP) is 2.84. The zero-order valence-electron chi connectivity index (χ0n) is 18.4.